The van der Waals surface area contributed by atoms with E-state index in [0.29, 0.717) is 13.0 Å². The molecule has 20 heavy (non-hydrogen) atoms. The fourth-order valence-corrected chi connectivity index (χ4v) is 2.14. The van der Waals surface area contributed by atoms with Crippen LogP contribution in [0.3, 0.4) is 0 Å². The minimum atomic E-state index is -0.0258. The number of aryl methyl sites for hydroxylation is 1. The van der Waals surface area contributed by atoms with Gasteiger partial charge in [0.2, 0.25) is 11.8 Å². The fourth-order valence-electron chi connectivity index (χ4n) is 2.14. The lowest BCUT2D eigenvalue weighted by Gasteiger charge is -2.29. The molecule has 1 aromatic rings. The number of hydrogen-bond donors (Lipinski definition) is 1. The van der Waals surface area contributed by atoms with Crippen LogP contribution >= 0.6 is 0 Å². The minimum absolute atomic E-state index is 0.0185. The van der Waals surface area contributed by atoms with Crippen LogP contribution in [0.25, 0.3) is 0 Å². The highest BCUT2D eigenvalue weighted by molar-refractivity contribution is 5.84. The third-order valence-electron chi connectivity index (χ3n) is 3.41. The van der Waals surface area contributed by atoms with Crippen molar-refractivity contribution in [2.45, 2.75) is 13.0 Å². The first-order valence-electron chi connectivity index (χ1n) is 6.85. The molecule has 0 spiro atoms. The molecule has 2 amide bonds. The molecule has 0 bridgehead atoms. The highest BCUT2D eigenvalue weighted by atomic mass is 16.2. The maximum atomic E-state index is 12.0. The van der Waals surface area contributed by atoms with Gasteiger partial charge in [0.25, 0.3) is 0 Å². The zero-order chi connectivity index (χ0) is 14.4. The second-order valence-electron chi connectivity index (χ2n) is 4.93. The van der Waals surface area contributed by atoms with Gasteiger partial charge in [0.05, 0.1) is 12.9 Å². The predicted octanol–water partition coefficient (Wildman–Crippen LogP) is -0.837. The summed E-state index contributed by atoms with van der Waals surface area (Å²) in [6, 6.07) is 0. The summed E-state index contributed by atoms with van der Waals surface area (Å²) in [7, 11) is 1.68. The third kappa shape index (κ3) is 4.06. The molecule has 0 aromatic carbocycles. The number of rotatable bonds is 5. The Labute approximate surface area is 118 Å². The molecule has 1 aromatic heterocycles. The molecule has 1 aliphatic rings. The van der Waals surface area contributed by atoms with Crippen LogP contribution in [0.1, 0.15) is 6.42 Å². The van der Waals surface area contributed by atoms with Gasteiger partial charge in [0.1, 0.15) is 0 Å². The maximum Gasteiger partial charge on any atom is 0.242 e. The van der Waals surface area contributed by atoms with Gasteiger partial charge in [-0.2, -0.15) is 0 Å². The second-order valence-corrected chi connectivity index (χ2v) is 4.93. The van der Waals surface area contributed by atoms with Gasteiger partial charge in [-0.25, -0.2) is 4.98 Å². The number of carbonyl (C=O) groups excluding carboxylic acids is 2. The van der Waals surface area contributed by atoms with E-state index in [9.17, 15) is 9.59 Å². The van der Waals surface area contributed by atoms with Gasteiger partial charge >= 0.3 is 0 Å². The van der Waals surface area contributed by atoms with Crippen LogP contribution in [0, 0.1) is 0 Å². The summed E-state index contributed by atoms with van der Waals surface area (Å²) in [5.41, 5.74) is 0. The second kappa shape index (κ2) is 7.04. The number of imidazole rings is 1. The Morgan fingerprint density at radius 3 is 2.75 bits per heavy atom. The Balaban J connectivity index is 1.73. The van der Waals surface area contributed by atoms with Crippen molar-refractivity contribution in [2.75, 3.05) is 39.8 Å². The summed E-state index contributed by atoms with van der Waals surface area (Å²) in [6.07, 6.45) is 5.56. The van der Waals surface area contributed by atoms with Gasteiger partial charge in [-0.05, 0) is 0 Å². The van der Waals surface area contributed by atoms with Crippen LogP contribution in [0.15, 0.2) is 18.7 Å². The Kier molecular flexibility index (Phi) is 5.11. The van der Waals surface area contributed by atoms with Crippen LogP contribution in [0.2, 0.25) is 0 Å². The Bertz CT molecular complexity index is 440. The Morgan fingerprint density at radius 2 is 2.10 bits per heavy atom. The lowest BCUT2D eigenvalue weighted by atomic mass is 10.3. The first-order valence-corrected chi connectivity index (χ1v) is 6.85. The van der Waals surface area contributed by atoms with E-state index in [1.54, 1.807) is 24.5 Å². The fraction of sp³-hybridized carbons (Fsp3) is 0.615. The quantitative estimate of drug-likeness (QED) is 0.763. The molecule has 1 fully saturated rings. The zero-order valence-corrected chi connectivity index (χ0v) is 11.8. The molecule has 110 valence electrons. The number of likely N-dealkylation sites (N-methyl/N-ethyl adjacent to an activating group) is 1. The maximum absolute atomic E-state index is 12.0. The molecule has 7 nitrogen and oxygen atoms in total. The van der Waals surface area contributed by atoms with Crippen LogP contribution < -0.4 is 5.32 Å². The number of nitrogens with one attached hydrogen (secondary N) is 1. The van der Waals surface area contributed by atoms with E-state index in [2.05, 4.69) is 10.3 Å². The van der Waals surface area contributed by atoms with Crippen molar-refractivity contribution in [3.8, 4) is 0 Å². The van der Waals surface area contributed by atoms with E-state index >= 15 is 0 Å². The highest BCUT2D eigenvalue weighted by Crippen LogP contribution is 1.99. The standard InChI is InChI=1S/C13H21N5O2/c1-16(10-13(20)18-8-4-14-5-9-18)12(19)2-6-17-7-3-15-11-17/h3,7,11,14H,2,4-6,8-10H2,1H3. The summed E-state index contributed by atoms with van der Waals surface area (Å²) in [5, 5.41) is 3.20. The molecule has 7 heteroatoms. The Morgan fingerprint density at radius 1 is 1.35 bits per heavy atom. The van der Waals surface area contributed by atoms with Crippen LogP contribution in [0.4, 0.5) is 0 Å². The van der Waals surface area contributed by atoms with Gasteiger partial charge in [0, 0.05) is 58.6 Å². The molecular formula is C13H21N5O2. The number of carbonyl (C=O) groups is 2. The van der Waals surface area contributed by atoms with Crippen molar-refractivity contribution in [1.29, 1.82) is 0 Å². The van der Waals surface area contributed by atoms with E-state index in [1.165, 1.54) is 4.90 Å². The van der Waals surface area contributed by atoms with E-state index in [1.807, 2.05) is 10.8 Å². The van der Waals surface area contributed by atoms with E-state index in [-0.39, 0.29) is 18.4 Å². The largest absolute Gasteiger partial charge is 0.339 e. The summed E-state index contributed by atoms with van der Waals surface area (Å²) < 4.78 is 1.85. The molecule has 0 aliphatic carbocycles. The summed E-state index contributed by atoms with van der Waals surface area (Å²) in [4.78, 5) is 31.2. The van der Waals surface area contributed by atoms with Gasteiger partial charge < -0.3 is 19.7 Å². The first kappa shape index (κ1) is 14.5. The van der Waals surface area contributed by atoms with Crippen molar-refractivity contribution in [2.24, 2.45) is 0 Å². The minimum Gasteiger partial charge on any atom is -0.339 e. The molecule has 2 heterocycles. The molecule has 0 radical (unpaired) electrons. The van der Waals surface area contributed by atoms with Crippen molar-refractivity contribution in [3.05, 3.63) is 18.7 Å². The van der Waals surface area contributed by atoms with Gasteiger partial charge in [0.15, 0.2) is 0 Å². The summed E-state index contributed by atoms with van der Waals surface area (Å²) in [6.45, 7) is 3.83. The third-order valence-corrected chi connectivity index (χ3v) is 3.41. The van der Waals surface area contributed by atoms with Crippen molar-refractivity contribution in [1.82, 2.24) is 24.7 Å². The van der Waals surface area contributed by atoms with E-state index in [0.717, 1.165) is 26.2 Å². The van der Waals surface area contributed by atoms with Crippen molar-refractivity contribution < 1.29 is 9.59 Å². The van der Waals surface area contributed by atoms with Crippen LogP contribution in [-0.2, 0) is 16.1 Å². The normalized spacial score (nSPS) is 15.2. The van der Waals surface area contributed by atoms with Crippen LogP contribution in [0.5, 0.6) is 0 Å². The zero-order valence-electron chi connectivity index (χ0n) is 11.8. The number of hydrogen-bond acceptors (Lipinski definition) is 4. The number of piperazine rings is 1. The van der Waals surface area contributed by atoms with Crippen LogP contribution in [-0.4, -0.2) is 70.9 Å². The SMILES string of the molecule is CN(CC(=O)N1CCNCC1)C(=O)CCn1ccnc1. The highest BCUT2D eigenvalue weighted by Gasteiger charge is 2.19. The molecule has 1 aliphatic heterocycles. The van der Waals surface area contributed by atoms with E-state index < -0.39 is 0 Å². The average molecular weight is 279 g/mol. The van der Waals surface area contributed by atoms with Gasteiger partial charge in [-0.15, -0.1) is 0 Å². The molecule has 2 rings (SSSR count). The molecule has 0 unspecified atom stereocenters. The molecule has 0 saturated carbocycles. The summed E-state index contributed by atoms with van der Waals surface area (Å²) >= 11 is 0. The average Bonchev–Trinajstić information content (AvgIpc) is 2.98. The molecule has 0 atom stereocenters. The Hall–Kier alpha value is -1.89. The van der Waals surface area contributed by atoms with Gasteiger partial charge in [-0.1, -0.05) is 0 Å². The monoisotopic (exact) mass is 279 g/mol. The smallest absolute Gasteiger partial charge is 0.242 e. The first-order chi connectivity index (χ1) is 9.66. The van der Waals surface area contributed by atoms with Gasteiger partial charge in [-0.3, -0.25) is 9.59 Å². The van der Waals surface area contributed by atoms with Crippen molar-refractivity contribution in [3.63, 3.8) is 0 Å². The number of amides is 2. The molecule has 1 saturated heterocycles. The predicted molar refractivity (Wildman–Crippen MR) is 73.9 cm³/mol. The molecule has 1 N–H and O–H groups in total. The molecular weight excluding hydrogens is 258 g/mol. The summed E-state index contributed by atoms with van der Waals surface area (Å²) in [5.74, 6) is -0.00725. The van der Waals surface area contributed by atoms with E-state index in [4.69, 9.17) is 0 Å². The number of aromatic nitrogens is 2. The van der Waals surface area contributed by atoms with Crippen molar-refractivity contribution >= 4 is 11.8 Å². The lowest BCUT2D eigenvalue weighted by Crippen LogP contribution is -2.49. The number of nitrogens with zero attached hydrogens (tertiary/aromatic N) is 4. The lowest BCUT2D eigenvalue weighted by molar-refractivity contribution is -0.139. The topological polar surface area (TPSA) is 70.5 Å².